The second-order valence-electron chi connectivity index (χ2n) is 6.92. The normalized spacial score (nSPS) is 21.4. The summed E-state index contributed by atoms with van der Waals surface area (Å²) in [7, 11) is 0. The third-order valence-electron chi connectivity index (χ3n) is 4.99. The van der Waals surface area contributed by atoms with Gasteiger partial charge in [0.2, 0.25) is 0 Å². The van der Waals surface area contributed by atoms with Gasteiger partial charge in [-0.3, -0.25) is 0 Å². The average Bonchev–Trinajstić information content (AvgIpc) is 3.08. The lowest BCUT2D eigenvalue weighted by molar-refractivity contribution is -0.0855. The first-order chi connectivity index (χ1) is 11.2. The van der Waals surface area contributed by atoms with Gasteiger partial charge in [-0.25, -0.2) is 0 Å². The van der Waals surface area contributed by atoms with Crippen LogP contribution in [0.15, 0.2) is 24.3 Å². The van der Waals surface area contributed by atoms with Gasteiger partial charge in [-0.15, -0.1) is 0 Å². The molecule has 2 aliphatic heterocycles. The molecule has 0 radical (unpaired) electrons. The van der Waals surface area contributed by atoms with Crippen LogP contribution in [0.3, 0.4) is 0 Å². The van der Waals surface area contributed by atoms with E-state index in [0.29, 0.717) is 32.7 Å². The molecule has 2 fully saturated rings. The Bertz CT molecular complexity index is 462. The Labute approximate surface area is 139 Å². The zero-order chi connectivity index (χ0) is 16.0. The van der Waals surface area contributed by atoms with Crippen molar-refractivity contribution < 1.29 is 14.6 Å². The number of aryl methyl sites for hydroxylation is 1. The smallest absolute Gasteiger partial charge is 0.119 e. The molecule has 128 valence electrons. The fourth-order valence-corrected chi connectivity index (χ4v) is 3.38. The van der Waals surface area contributed by atoms with Gasteiger partial charge in [-0.1, -0.05) is 12.1 Å². The maximum Gasteiger partial charge on any atom is 0.119 e. The monoisotopic (exact) mass is 319 g/mol. The molecule has 2 saturated heterocycles. The highest BCUT2D eigenvalue weighted by Gasteiger charge is 2.30. The Morgan fingerprint density at radius 3 is 2.48 bits per heavy atom. The van der Waals surface area contributed by atoms with Crippen LogP contribution in [0.25, 0.3) is 0 Å². The number of nitrogens with zero attached hydrogens (tertiary/aromatic N) is 1. The summed E-state index contributed by atoms with van der Waals surface area (Å²) in [5, 5.41) is 10.4. The quantitative estimate of drug-likeness (QED) is 0.839. The number of rotatable bonds is 7. The van der Waals surface area contributed by atoms with E-state index in [0.717, 1.165) is 12.2 Å². The topological polar surface area (TPSA) is 41.9 Å². The van der Waals surface area contributed by atoms with Gasteiger partial charge in [0.1, 0.15) is 18.0 Å². The average molecular weight is 319 g/mol. The first-order valence-corrected chi connectivity index (χ1v) is 8.98. The Morgan fingerprint density at radius 2 is 1.78 bits per heavy atom. The Kier molecular flexibility index (Phi) is 5.92. The molecule has 0 amide bonds. The standard InChI is InChI=1S/C19H29NO3/c21-19(9-14-22-15-10-19)16-23-18-7-5-17(6-8-18)4-3-13-20-11-1-2-12-20/h5-8,21H,1-4,9-16H2. The van der Waals surface area contributed by atoms with E-state index in [-0.39, 0.29) is 0 Å². The predicted molar refractivity (Wildman–Crippen MR) is 90.9 cm³/mol. The minimum Gasteiger partial charge on any atom is -0.491 e. The van der Waals surface area contributed by atoms with Gasteiger partial charge in [-0.05, 0) is 63.0 Å². The van der Waals surface area contributed by atoms with Gasteiger partial charge in [-0.2, -0.15) is 0 Å². The summed E-state index contributed by atoms with van der Waals surface area (Å²) in [6, 6.07) is 8.34. The molecule has 4 heteroatoms. The van der Waals surface area contributed by atoms with Crippen LogP contribution in [-0.4, -0.2) is 55.1 Å². The van der Waals surface area contributed by atoms with Gasteiger partial charge in [0.25, 0.3) is 0 Å². The van der Waals surface area contributed by atoms with E-state index in [1.807, 2.05) is 12.1 Å². The molecule has 0 bridgehead atoms. The van der Waals surface area contributed by atoms with E-state index in [9.17, 15) is 5.11 Å². The molecule has 0 atom stereocenters. The van der Waals surface area contributed by atoms with Crippen molar-refractivity contribution in [2.75, 3.05) is 39.5 Å². The second kappa shape index (κ2) is 8.13. The fraction of sp³-hybridized carbons (Fsp3) is 0.684. The van der Waals surface area contributed by atoms with E-state index in [1.54, 1.807) is 0 Å². The minimum absolute atomic E-state index is 0.352. The molecular weight excluding hydrogens is 290 g/mol. The summed E-state index contributed by atoms with van der Waals surface area (Å²) >= 11 is 0. The molecule has 0 unspecified atom stereocenters. The van der Waals surface area contributed by atoms with E-state index >= 15 is 0 Å². The van der Waals surface area contributed by atoms with E-state index in [1.165, 1.54) is 44.5 Å². The molecule has 2 aliphatic rings. The molecule has 23 heavy (non-hydrogen) atoms. The SMILES string of the molecule is OC1(COc2ccc(CCCN3CCCC3)cc2)CCOCC1. The molecule has 1 aromatic carbocycles. The van der Waals surface area contributed by atoms with Crippen LogP contribution in [-0.2, 0) is 11.2 Å². The molecule has 0 spiro atoms. The highest BCUT2D eigenvalue weighted by molar-refractivity contribution is 5.27. The highest BCUT2D eigenvalue weighted by atomic mass is 16.5. The first kappa shape index (κ1) is 16.7. The largest absolute Gasteiger partial charge is 0.491 e. The van der Waals surface area contributed by atoms with Crippen molar-refractivity contribution in [3.63, 3.8) is 0 Å². The number of ether oxygens (including phenoxy) is 2. The van der Waals surface area contributed by atoms with E-state index < -0.39 is 5.60 Å². The molecule has 1 N–H and O–H groups in total. The highest BCUT2D eigenvalue weighted by Crippen LogP contribution is 2.22. The predicted octanol–water partition coefficient (Wildman–Crippen LogP) is 2.64. The van der Waals surface area contributed by atoms with Crippen molar-refractivity contribution >= 4 is 0 Å². The summed E-state index contributed by atoms with van der Waals surface area (Å²) in [6.45, 7) is 5.37. The number of likely N-dealkylation sites (tertiary alicyclic amines) is 1. The molecule has 0 saturated carbocycles. The minimum atomic E-state index is -0.730. The first-order valence-electron chi connectivity index (χ1n) is 8.98. The van der Waals surface area contributed by atoms with Crippen molar-refractivity contribution in [3.8, 4) is 5.75 Å². The van der Waals surface area contributed by atoms with Crippen LogP contribution in [0.5, 0.6) is 5.75 Å². The van der Waals surface area contributed by atoms with Crippen LogP contribution in [0, 0.1) is 0 Å². The van der Waals surface area contributed by atoms with Crippen molar-refractivity contribution in [1.29, 1.82) is 0 Å². The molecule has 0 aromatic heterocycles. The second-order valence-corrected chi connectivity index (χ2v) is 6.92. The van der Waals surface area contributed by atoms with Crippen molar-refractivity contribution in [3.05, 3.63) is 29.8 Å². The van der Waals surface area contributed by atoms with Crippen LogP contribution < -0.4 is 4.74 Å². The molecule has 0 aliphatic carbocycles. The maximum atomic E-state index is 10.4. The Balaban J connectivity index is 1.39. The van der Waals surface area contributed by atoms with Gasteiger partial charge >= 0.3 is 0 Å². The van der Waals surface area contributed by atoms with Crippen LogP contribution in [0.1, 0.15) is 37.7 Å². The lowest BCUT2D eigenvalue weighted by Crippen LogP contribution is -2.41. The van der Waals surface area contributed by atoms with Gasteiger partial charge < -0.3 is 19.5 Å². The summed E-state index contributed by atoms with van der Waals surface area (Å²) in [6.07, 6.45) is 6.39. The third-order valence-corrected chi connectivity index (χ3v) is 4.99. The Hall–Kier alpha value is -1.10. The number of hydrogen-bond donors (Lipinski definition) is 1. The van der Waals surface area contributed by atoms with Crippen LogP contribution >= 0.6 is 0 Å². The lowest BCUT2D eigenvalue weighted by Gasteiger charge is -2.31. The fourth-order valence-electron chi connectivity index (χ4n) is 3.38. The Morgan fingerprint density at radius 1 is 1.09 bits per heavy atom. The third kappa shape index (κ3) is 5.20. The summed E-state index contributed by atoms with van der Waals surface area (Å²) < 4.78 is 11.1. The summed E-state index contributed by atoms with van der Waals surface area (Å²) in [5.41, 5.74) is 0.633. The zero-order valence-corrected chi connectivity index (χ0v) is 14.0. The van der Waals surface area contributed by atoms with Gasteiger partial charge in [0.15, 0.2) is 0 Å². The lowest BCUT2D eigenvalue weighted by atomic mass is 9.96. The van der Waals surface area contributed by atoms with Crippen molar-refractivity contribution in [1.82, 2.24) is 4.90 Å². The summed E-state index contributed by atoms with van der Waals surface area (Å²) in [4.78, 5) is 2.56. The molecule has 2 heterocycles. The van der Waals surface area contributed by atoms with E-state index in [2.05, 4.69) is 17.0 Å². The number of benzene rings is 1. The molecule has 4 nitrogen and oxygen atoms in total. The molecule has 3 rings (SSSR count). The number of hydrogen-bond acceptors (Lipinski definition) is 4. The van der Waals surface area contributed by atoms with Gasteiger partial charge in [0, 0.05) is 26.1 Å². The van der Waals surface area contributed by atoms with Crippen molar-refractivity contribution in [2.24, 2.45) is 0 Å². The number of aliphatic hydroxyl groups is 1. The summed E-state index contributed by atoms with van der Waals surface area (Å²) in [5.74, 6) is 0.841. The van der Waals surface area contributed by atoms with E-state index in [4.69, 9.17) is 9.47 Å². The van der Waals surface area contributed by atoms with Crippen LogP contribution in [0.4, 0.5) is 0 Å². The van der Waals surface area contributed by atoms with Gasteiger partial charge in [0.05, 0.1) is 0 Å². The molecular formula is C19H29NO3. The van der Waals surface area contributed by atoms with Crippen molar-refractivity contribution in [2.45, 2.75) is 44.1 Å². The molecule has 1 aromatic rings. The maximum absolute atomic E-state index is 10.4. The zero-order valence-electron chi connectivity index (χ0n) is 14.0. The van der Waals surface area contributed by atoms with Crippen LogP contribution in [0.2, 0.25) is 0 Å².